The number of likely N-dealkylation sites (tertiary alicyclic amines) is 1. The van der Waals surface area contributed by atoms with Gasteiger partial charge in [0.1, 0.15) is 5.82 Å². The van der Waals surface area contributed by atoms with Crippen molar-refractivity contribution in [2.45, 2.75) is 32.2 Å². The van der Waals surface area contributed by atoms with E-state index >= 15 is 0 Å². The highest BCUT2D eigenvalue weighted by molar-refractivity contribution is 5.77. The zero-order valence-corrected chi connectivity index (χ0v) is 16.1. The summed E-state index contributed by atoms with van der Waals surface area (Å²) in [7, 11) is 0. The first kappa shape index (κ1) is 20.6. The zero-order valence-electron chi connectivity index (χ0n) is 16.1. The minimum atomic E-state index is -0.553. The summed E-state index contributed by atoms with van der Waals surface area (Å²) < 4.78 is 19.4. The van der Waals surface area contributed by atoms with Crippen LogP contribution in [-0.4, -0.2) is 52.7 Å². The number of aromatic amines is 1. The van der Waals surface area contributed by atoms with Gasteiger partial charge in [0.25, 0.3) is 5.56 Å². The number of amides is 2. The highest BCUT2D eigenvalue weighted by Crippen LogP contribution is 2.20. The molecule has 9 nitrogen and oxygen atoms in total. The number of ether oxygens (including phenoxy) is 1. The molecule has 2 N–H and O–H groups in total. The topological polar surface area (TPSA) is 114 Å². The van der Waals surface area contributed by atoms with Crippen LogP contribution in [0.4, 0.5) is 9.18 Å². The maximum Gasteiger partial charge on any atom is 0.329 e. The van der Waals surface area contributed by atoms with Crippen molar-refractivity contribution in [1.82, 2.24) is 19.8 Å². The second kappa shape index (κ2) is 8.89. The second-order valence-electron chi connectivity index (χ2n) is 6.80. The Labute approximate surface area is 165 Å². The van der Waals surface area contributed by atoms with Gasteiger partial charge in [-0.15, -0.1) is 0 Å². The Kier molecular flexibility index (Phi) is 6.30. The van der Waals surface area contributed by atoms with Gasteiger partial charge in [-0.05, 0) is 38.0 Å². The first-order valence-electron chi connectivity index (χ1n) is 9.53. The van der Waals surface area contributed by atoms with E-state index in [-0.39, 0.29) is 41.9 Å². The van der Waals surface area contributed by atoms with Gasteiger partial charge in [-0.3, -0.25) is 14.2 Å². The normalized spacial score (nSPS) is 14.8. The molecular formula is C19H23FN4O5. The summed E-state index contributed by atoms with van der Waals surface area (Å²) >= 11 is 0. The molecule has 2 aromatic rings. The summed E-state index contributed by atoms with van der Waals surface area (Å²) in [6.07, 6.45) is 0.915. The molecule has 0 saturated carbocycles. The summed E-state index contributed by atoms with van der Waals surface area (Å²) in [5.74, 6) is -0.930. The Morgan fingerprint density at radius 3 is 2.69 bits per heavy atom. The molecule has 3 rings (SSSR count). The number of hydrogen-bond donors (Lipinski definition) is 2. The molecule has 10 heteroatoms. The van der Waals surface area contributed by atoms with Crippen molar-refractivity contribution in [2.24, 2.45) is 0 Å². The average molecular weight is 406 g/mol. The van der Waals surface area contributed by atoms with E-state index in [0.717, 1.165) is 10.6 Å². The molecular weight excluding hydrogens is 383 g/mol. The van der Waals surface area contributed by atoms with E-state index in [1.165, 1.54) is 12.1 Å². The van der Waals surface area contributed by atoms with E-state index in [2.05, 4.69) is 10.3 Å². The second-order valence-corrected chi connectivity index (χ2v) is 6.80. The average Bonchev–Trinajstić information content (AvgIpc) is 2.69. The number of halogens is 1. The third-order valence-electron chi connectivity index (χ3n) is 4.92. The van der Waals surface area contributed by atoms with Crippen molar-refractivity contribution in [3.05, 3.63) is 44.9 Å². The van der Waals surface area contributed by atoms with Gasteiger partial charge in [-0.2, -0.15) is 0 Å². The number of nitrogens with one attached hydrogen (secondary N) is 2. The van der Waals surface area contributed by atoms with Gasteiger partial charge >= 0.3 is 17.7 Å². The molecule has 0 bridgehead atoms. The SMILES string of the molecule is CCOC(=O)CCNC(=O)N1CCC(n2c(=O)[nH]c3ccc(F)cc3c2=O)CC1. The fraction of sp³-hybridized carbons (Fsp3) is 0.474. The van der Waals surface area contributed by atoms with Crippen LogP contribution in [0.3, 0.4) is 0 Å². The predicted molar refractivity (Wildman–Crippen MR) is 103 cm³/mol. The van der Waals surface area contributed by atoms with Crippen molar-refractivity contribution in [1.29, 1.82) is 0 Å². The Morgan fingerprint density at radius 1 is 1.28 bits per heavy atom. The fourth-order valence-electron chi connectivity index (χ4n) is 3.48. The Balaban J connectivity index is 1.64. The molecule has 2 amide bonds. The van der Waals surface area contributed by atoms with Crippen LogP contribution in [0.5, 0.6) is 0 Å². The number of rotatable bonds is 5. The minimum absolute atomic E-state index is 0.0917. The third-order valence-corrected chi connectivity index (χ3v) is 4.92. The fourth-order valence-corrected chi connectivity index (χ4v) is 3.48. The number of aromatic nitrogens is 2. The van der Waals surface area contributed by atoms with E-state index in [0.29, 0.717) is 32.5 Å². The van der Waals surface area contributed by atoms with Gasteiger partial charge in [-0.25, -0.2) is 14.0 Å². The van der Waals surface area contributed by atoms with Crippen LogP contribution < -0.4 is 16.6 Å². The molecule has 0 unspecified atom stereocenters. The molecule has 1 aliphatic heterocycles. The lowest BCUT2D eigenvalue weighted by Gasteiger charge is -2.32. The van der Waals surface area contributed by atoms with Crippen LogP contribution in [0.2, 0.25) is 0 Å². The highest BCUT2D eigenvalue weighted by Gasteiger charge is 2.26. The van der Waals surface area contributed by atoms with E-state index in [4.69, 9.17) is 4.74 Å². The van der Waals surface area contributed by atoms with Gasteiger partial charge in [-0.1, -0.05) is 0 Å². The number of esters is 1. The Hall–Kier alpha value is -3.17. The molecule has 0 spiro atoms. The van der Waals surface area contributed by atoms with E-state index in [1.807, 2.05) is 0 Å². The standard InChI is InChI=1S/C19H23FN4O5/c1-2-29-16(25)5-8-21-18(27)23-9-6-13(7-10-23)24-17(26)14-11-12(20)3-4-15(14)22-19(24)28/h3-4,11,13H,2,5-10H2,1H3,(H,21,27)(H,22,28). The lowest BCUT2D eigenvalue weighted by atomic mass is 10.0. The molecule has 1 aromatic heterocycles. The number of carbonyl (C=O) groups excluding carboxylic acids is 2. The number of urea groups is 1. The van der Waals surface area contributed by atoms with Gasteiger partial charge in [0, 0.05) is 25.7 Å². The smallest absolute Gasteiger partial charge is 0.329 e. The van der Waals surface area contributed by atoms with Crippen LogP contribution in [0.1, 0.15) is 32.2 Å². The summed E-state index contributed by atoms with van der Waals surface area (Å²) in [6.45, 7) is 2.88. The maximum atomic E-state index is 13.5. The first-order valence-corrected chi connectivity index (χ1v) is 9.53. The van der Waals surface area contributed by atoms with Crippen LogP contribution >= 0.6 is 0 Å². The van der Waals surface area contributed by atoms with Gasteiger partial charge in [0.2, 0.25) is 0 Å². The summed E-state index contributed by atoms with van der Waals surface area (Å²) in [5.41, 5.74) is -0.803. The van der Waals surface area contributed by atoms with Crippen LogP contribution in [-0.2, 0) is 9.53 Å². The number of benzene rings is 1. The van der Waals surface area contributed by atoms with Crippen molar-refractivity contribution in [3.8, 4) is 0 Å². The predicted octanol–water partition coefficient (Wildman–Crippen LogP) is 1.13. The number of H-pyrrole nitrogens is 1. The van der Waals surface area contributed by atoms with Crippen LogP contribution in [0.25, 0.3) is 10.9 Å². The summed E-state index contributed by atoms with van der Waals surface area (Å²) in [4.78, 5) is 52.8. The number of hydrogen-bond acceptors (Lipinski definition) is 5. The van der Waals surface area contributed by atoms with E-state index < -0.39 is 17.1 Å². The molecule has 156 valence electrons. The number of fused-ring (bicyclic) bond motifs is 1. The van der Waals surface area contributed by atoms with E-state index in [1.54, 1.807) is 11.8 Å². The maximum absolute atomic E-state index is 13.5. The number of piperidine rings is 1. The first-order chi connectivity index (χ1) is 13.9. The molecule has 1 saturated heterocycles. The third kappa shape index (κ3) is 4.64. The summed E-state index contributed by atoms with van der Waals surface area (Å²) in [5, 5.41) is 2.77. The van der Waals surface area contributed by atoms with E-state index in [9.17, 15) is 23.6 Å². The lowest BCUT2D eigenvalue weighted by Crippen LogP contribution is -2.48. The van der Waals surface area contributed by atoms with Crippen molar-refractivity contribution in [2.75, 3.05) is 26.2 Å². The molecule has 1 fully saturated rings. The largest absolute Gasteiger partial charge is 0.466 e. The monoisotopic (exact) mass is 406 g/mol. The Morgan fingerprint density at radius 2 is 2.00 bits per heavy atom. The molecule has 1 aromatic carbocycles. The molecule has 0 aliphatic carbocycles. The molecule has 29 heavy (non-hydrogen) atoms. The van der Waals surface area contributed by atoms with Gasteiger partial charge < -0.3 is 19.9 Å². The molecule has 1 aliphatic rings. The zero-order chi connectivity index (χ0) is 21.0. The molecule has 0 atom stereocenters. The number of nitrogens with zero attached hydrogens (tertiary/aromatic N) is 2. The van der Waals surface area contributed by atoms with Gasteiger partial charge in [0.15, 0.2) is 0 Å². The van der Waals surface area contributed by atoms with Crippen LogP contribution in [0.15, 0.2) is 27.8 Å². The molecule has 2 heterocycles. The van der Waals surface area contributed by atoms with Crippen LogP contribution in [0, 0.1) is 5.82 Å². The summed E-state index contributed by atoms with van der Waals surface area (Å²) in [6, 6.07) is 2.95. The minimum Gasteiger partial charge on any atom is -0.466 e. The lowest BCUT2D eigenvalue weighted by molar-refractivity contribution is -0.142. The quantitative estimate of drug-likeness (QED) is 0.723. The number of carbonyl (C=O) groups is 2. The van der Waals surface area contributed by atoms with Gasteiger partial charge in [0.05, 0.1) is 23.9 Å². The van der Waals surface area contributed by atoms with Crippen molar-refractivity contribution in [3.63, 3.8) is 0 Å². The highest BCUT2D eigenvalue weighted by atomic mass is 19.1. The Bertz CT molecular complexity index is 1020. The molecule has 0 radical (unpaired) electrons. The van der Waals surface area contributed by atoms with Crippen molar-refractivity contribution < 1.29 is 18.7 Å². The van der Waals surface area contributed by atoms with Crippen molar-refractivity contribution >= 4 is 22.9 Å².